The van der Waals surface area contributed by atoms with E-state index in [1.807, 2.05) is 35.2 Å². The molecule has 0 heterocycles. The average Bonchev–Trinajstić information content (AvgIpc) is 2.81. The van der Waals surface area contributed by atoms with Crippen LogP contribution in [0.3, 0.4) is 0 Å². The van der Waals surface area contributed by atoms with Crippen molar-refractivity contribution in [1.82, 2.24) is 10.2 Å². The van der Waals surface area contributed by atoms with Gasteiger partial charge in [-0.15, -0.1) is 0 Å². The van der Waals surface area contributed by atoms with Crippen LogP contribution in [0.4, 0.5) is 0 Å². The van der Waals surface area contributed by atoms with E-state index in [-0.39, 0.29) is 12.5 Å². The van der Waals surface area contributed by atoms with E-state index in [4.69, 9.17) is 0 Å². The Bertz CT molecular complexity index is 617. The molecule has 1 aromatic rings. The molecule has 182 valence electrons. The molecule has 0 bridgehead atoms. The van der Waals surface area contributed by atoms with Crippen molar-refractivity contribution in [3.8, 4) is 0 Å². The molecule has 0 aliphatic rings. The Balaban J connectivity index is 2.82. The van der Waals surface area contributed by atoms with Crippen LogP contribution in [-0.4, -0.2) is 47.6 Å². The van der Waals surface area contributed by atoms with E-state index in [2.05, 4.69) is 33.0 Å². The zero-order chi connectivity index (χ0) is 23.8. The smallest absolute Gasteiger partial charge is 0.321 e. The first kappa shape index (κ1) is 28.2. The standard InChI is InChI=1S/C27H46N2O3/c1-5-9-14-22(7-3)20-29(21-23(8-4)15-10-6-2)26(30)19-28-25(27(31)32)18-24-16-12-11-13-17-24/h11-13,16-17,22-23,25,28H,5-10,14-15,18-21H2,1-4H3,(H,31,32). The highest BCUT2D eigenvalue weighted by atomic mass is 16.4. The third-order valence-corrected chi connectivity index (χ3v) is 6.48. The number of rotatable bonds is 18. The predicted molar refractivity (Wildman–Crippen MR) is 133 cm³/mol. The molecule has 5 nitrogen and oxygen atoms in total. The van der Waals surface area contributed by atoms with E-state index in [9.17, 15) is 14.7 Å². The predicted octanol–water partition coefficient (Wildman–Crippen LogP) is 5.53. The summed E-state index contributed by atoms with van der Waals surface area (Å²) in [5.41, 5.74) is 0.952. The first-order chi connectivity index (χ1) is 15.4. The van der Waals surface area contributed by atoms with Crippen molar-refractivity contribution >= 4 is 11.9 Å². The lowest BCUT2D eigenvalue weighted by molar-refractivity contribution is -0.139. The van der Waals surface area contributed by atoms with Crippen LogP contribution in [0.1, 0.15) is 84.6 Å². The van der Waals surface area contributed by atoms with Gasteiger partial charge in [0.25, 0.3) is 0 Å². The largest absolute Gasteiger partial charge is 0.480 e. The summed E-state index contributed by atoms with van der Waals surface area (Å²) in [6.07, 6.45) is 9.48. The number of hydrogen-bond acceptors (Lipinski definition) is 3. The van der Waals surface area contributed by atoms with Gasteiger partial charge in [0.05, 0.1) is 6.54 Å². The van der Waals surface area contributed by atoms with Crippen LogP contribution in [0.5, 0.6) is 0 Å². The Hall–Kier alpha value is -1.88. The van der Waals surface area contributed by atoms with Crippen LogP contribution in [0.2, 0.25) is 0 Å². The Morgan fingerprint density at radius 2 is 1.44 bits per heavy atom. The number of nitrogens with zero attached hydrogens (tertiary/aromatic N) is 1. The summed E-state index contributed by atoms with van der Waals surface area (Å²) < 4.78 is 0. The molecule has 2 N–H and O–H groups in total. The number of amides is 1. The van der Waals surface area contributed by atoms with Crippen molar-refractivity contribution in [2.24, 2.45) is 11.8 Å². The first-order valence-electron chi connectivity index (χ1n) is 12.7. The molecule has 0 saturated carbocycles. The fraction of sp³-hybridized carbons (Fsp3) is 0.704. The van der Waals surface area contributed by atoms with Gasteiger partial charge in [-0.05, 0) is 36.7 Å². The van der Waals surface area contributed by atoms with E-state index in [1.165, 1.54) is 25.7 Å². The topological polar surface area (TPSA) is 69.6 Å². The second kappa shape index (κ2) is 16.7. The minimum atomic E-state index is -0.919. The SMILES string of the molecule is CCCCC(CC)CN(CC(CC)CCCC)C(=O)CNC(Cc1ccccc1)C(=O)O. The first-order valence-corrected chi connectivity index (χ1v) is 12.7. The molecule has 0 aliphatic heterocycles. The van der Waals surface area contributed by atoms with E-state index in [0.29, 0.717) is 18.3 Å². The monoisotopic (exact) mass is 446 g/mol. The van der Waals surface area contributed by atoms with Crippen LogP contribution < -0.4 is 5.32 Å². The van der Waals surface area contributed by atoms with Gasteiger partial charge >= 0.3 is 5.97 Å². The van der Waals surface area contributed by atoms with Crippen LogP contribution in [0.15, 0.2) is 30.3 Å². The highest BCUT2D eigenvalue weighted by Crippen LogP contribution is 2.19. The molecule has 3 atom stereocenters. The van der Waals surface area contributed by atoms with Gasteiger partial charge in [0.15, 0.2) is 0 Å². The lowest BCUT2D eigenvalue weighted by Crippen LogP contribution is -2.47. The van der Waals surface area contributed by atoms with Gasteiger partial charge in [-0.3, -0.25) is 14.9 Å². The van der Waals surface area contributed by atoms with Crippen molar-refractivity contribution in [3.63, 3.8) is 0 Å². The van der Waals surface area contributed by atoms with Crippen molar-refractivity contribution in [3.05, 3.63) is 35.9 Å². The highest BCUT2D eigenvalue weighted by Gasteiger charge is 2.24. The molecule has 1 amide bonds. The van der Waals surface area contributed by atoms with E-state index in [1.54, 1.807) is 0 Å². The van der Waals surface area contributed by atoms with Gasteiger partial charge in [0.2, 0.25) is 5.91 Å². The quantitative estimate of drug-likeness (QED) is 0.311. The number of carboxylic acids is 1. The second-order valence-electron chi connectivity index (χ2n) is 9.09. The minimum Gasteiger partial charge on any atom is -0.480 e. The molecule has 0 aromatic heterocycles. The van der Waals surface area contributed by atoms with Gasteiger partial charge in [-0.2, -0.15) is 0 Å². The Morgan fingerprint density at radius 1 is 0.906 bits per heavy atom. The summed E-state index contributed by atoms with van der Waals surface area (Å²) in [6.45, 7) is 10.4. The molecular formula is C27H46N2O3. The summed E-state index contributed by atoms with van der Waals surface area (Å²) in [7, 11) is 0. The summed E-state index contributed by atoms with van der Waals surface area (Å²) in [6, 6.07) is 8.80. The molecule has 1 rings (SSSR count). The molecule has 5 heteroatoms. The Labute approximate surface area is 196 Å². The number of carbonyl (C=O) groups excluding carboxylic acids is 1. The van der Waals surface area contributed by atoms with Crippen LogP contribution in [0.25, 0.3) is 0 Å². The molecule has 32 heavy (non-hydrogen) atoms. The number of benzene rings is 1. The van der Waals surface area contributed by atoms with Crippen LogP contribution in [0, 0.1) is 11.8 Å². The number of hydrogen-bond donors (Lipinski definition) is 2. The van der Waals surface area contributed by atoms with Crippen LogP contribution >= 0.6 is 0 Å². The molecule has 0 spiro atoms. The normalized spacial score (nSPS) is 14.0. The van der Waals surface area contributed by atoms with E-state index < -0.39 is 12.0 Å². The molecule has 0 saturated heterocycles. The summed E-state index contributed by atoms with van der Waals surface area (Å²) in [5, 5.41) is 12.7. The summed E-state index contributed by atoms with van der Waals surface area (Å²) >= 11 is 0. The fourth-order valence-corrected chi connectivity index (χ4v) is 4.16. The lowest BCUT2D eigenvalue weighted by atomic mass is 9.95. The maximum atomic E-state index is 13.2. The minimum absolute atomic E-state index is 0.0224. The number of carboxylic acid groups (broad SMARTS) is 1. The number of unbranched alkanes of at least 4 members (excludes halogenated alkanes) is 2. The summed E-state index contributed by atoms with van der Waals surface area (Å²) in [4.78, 5) is 27.0. The Kier molecular flexibility index (Phi) is 14.7. The van der Waals surface area contributed by atoms with Crippen molar-refractivity contribution < 1.29 is 14.7 Å². The third kappa shape index (κ3) is 11.1. The summed E-state index contributed by atoms with van der Waals surface area (Å²) in [5.74, 6) is 0.107. The van der Waals surface area contributed by atoms with Gasteiger partial charge in [0.1, 0.15) is 6.04 Å². The molecule has 3 unspecified atom stereocenters. The number of nitrogens with one attached hydrogen (secondary N) is 1. The zero-order valence-corrected chi connectivity index (χ0v) is 20.8. The van der Waals surface area contributed by atoms with Crippen LogP contribution in [-0.2, 0) is 16.0 Å². The highest BCUT2D eigenvalue weighted by molar-refractivity contribution is 5.80. The lowest BCUT2D eigenvalue weighted by Gasteiger charge is -2.31. The van der Waals surface area contributed by atoms with Gasteiger partial charge < -0.3 is 10.0 Å². The zero-order valence-electron chi connectivity index (χ0n) is 20.8. The molecule has 0 fully saturated rings. The molecule has 1 aromatic carbocycles. The van der Waals surface area contributed by atoms with Gasteiger partial charge in [-0.25, -0.2) is 0 Å². The maximum absolute atomic E-state index is 13.2. The van der Waals surface area contributed by atoms with Crippen molar-refractivity contribution in [1.29, 1.82) is 0 Å². The maximum Gasteiger partial charge on any atom is 0.321 e. The van der Waals surface area contributed by atoms with Gasteiger partial charge in [0, 0.05) is 13.1 Å². The number of carbonyl (C=O) groups is 2. The van der Waals surface area contributed by atoms with Crippen molar-refractivity contribution in [2.45, 2.75) is 91.5 Å². The second-order valence-corrected chi connectivity index (χ2v) is 9.09. The molecular weight excluding hydrogens is 400 g/mol. The van der Waals surface area contributed by atoms with E-state index >= 15 is 0 Å². The van der Waals surface area contributed by atoms with Crippen molar-refractivity contribution in [2.75, 3.05) is 19.6 Å². The van der Waals surface area contributed by atoms with E-state index in [0.717, 1.165) is 44.3 Å². The fourth-order valence-electron chi connectivity index (χ4n) is 4.16. The Morgan fingerprint density at radius 3 is 1.88 bits per heavy atom. The average molecular weight is 447 g/mol. The molecule has 0 aliphatic carbocycles. The van der Waals surface area contributed by atoms with Gasteiger partial charge in [-0.1, -0.05) is 96.6 Å². The number of aliphatic carboxylic acids is 1. The third-order valence-electron chi connectivity index (χ3n) is 6.48. The molecule has 0 radical (unpaired) electrons.